The third kappa shape index (κ3) is 3.68. The van der Waals surface area contributed by atoms with E-state index in [9.17, 15) is 0 Å². The zero-order chi connectivity index (χ0) is 12.1. The Kier molecular flexibility index (Phi) is 4.34. The number of benzene rings is 1. The number of halogens is 1. The quantitative estimate of drug-likeness (QED) is 0.845. The molecule has 90 valence electrons. The minimum atomic E-state index is 0.241. The molecule has 0 unspecified atom stereocenters. The lowest BCUT2D eigenvalue weighted by atomic mass is 10.2. The lowest BCUT2D eigenvalue weighted by molar-refractivity contribution is 0.0914. The second-order valence-electron chi connectivity index (χ2n) is 3.99. The Bertz CT molecular complexity index is 455. The van der Waals surface area contributed by atoms with Gasteiger partial charge >= 0.3 is 0 Å². The van der Waals surface area contributed by atoms with Gasteiger partial charge in [0, 0.05) is 6.20 Å². The molecule has 17 heavy (non-hydrogen) atoms. The lowest BCUT2D eigenvalue weighted by Crippen LogP contribution is -2.12. The fourth-order valence-electron chi connectivity index (χ4n) is 1.55. The van der Waals surface area contributed by atoms with Gasteiger partial charge in [-0.2, -0.15) is 5.10 Å². The van der Waals surface area contributed by atoms with E-state index in [1.54, 1.807) is 6.20 Å². The van der Waals surface area contributed by atoms with Crippen LogP contribution in [0.5, 0.6) is 0 Å². The van der Waals surface area contributed by atoms with Crippen LogP contribution in [0.1, 0.15) is 18.5 Å². The lowest BCUT2D eigenvalue weighted by Gasteiger charge is -2.12. The first kappa shape index (κ1) is 12.3. The van der Waals surface area contributed by atoms with Crippen LogP contribution in [0.4, 0.5) is 0 Å². The smallest absolute Gasteiger partial charge is 0.0725 e. The third-order valence-electron chi connectivity index (χ3n) is 2.49. The van der Waals surface area contributed by atoms with E-state index in [2.05, 4.69) is 40.1 Å². The Morgan fingerprint density at radius 2 is 2.12 bits per heavy atom. The van der Waals surface area contributed by atoms with Crippen molar-refractivity contribution >= 4 is 15.9 Å². The molecule has 0 saturated heterocycles. The van der Waals surface area contributed by atoms with Crippen LogP contribution in [0.3, 0.4) is 0 Å². The van der Waals surface area contributed by atoms with Crippen molar-refractivity contribution in [3.63, 3.8) is 0 Å². The monoisotopic (exact) mass is 294 g/mol. The minimum Gasteiger partial charge on any atom is -0.375 e. The second-order valence-corrected chi connectivity index (χ2v) is 4.90. The molecule has 1 atom stereocenters. The summed E-state index contributed by atoms with van der Waals surface area (Å²) < 4.78 is 8.56. The molecule has 0 amide bonds. The Balaban J connectivity index is 1.79. The molecule has 2 rings (SSSR count). The van der Waals surface area contributed by atoms with Crippen molar-refractivity contribution in [2.24, 2.45) is 0 Å². The van der Waals surface area contributed by atoms with Gasteiger partial charge in [-0.05, 0) is 28.4 Å². The molecule has 1 aromatic carbocycles. The van der Waals surface area contributed by atoms with Gasteiger partial charge in [0.15, 0.2) is 0 Å². The van der Waals surface area contributed by atoms with E-state index in [0.717, 1.165) is 4.47 Å². The van der Waals surface area contributed by atoms with Crippen molar-refractivity contribution in [2.45, 2.75) is 19.6 Å². The maximum atomic E-state index is 5.67. The highest BCUT2D eigenvalue weighted by Crippen LogP contribution is 2.12. The highest BCUT2D eigenvalue weighted by Gasteiger charge is 2.05. The summed E-state index contributed by atoms with van der Waals surface area (Å²) in [6.07, 6.45) is 3.74. The summed E-state index contributed by atoms with van der Waals surface area (Å²) in [6, 6.07) is 10.4. The molecule has 0 spiro atoms. The highest BCUT2D eigenvalue weighted by molar-refractivity contribution is 9.10. The van der Waals surface area contributed by atoms with E-state index < -0.39 is 0 Å². The summed E-state index contributed by atoms with van der Waals surface area (Å²) >= 11 is 3.38. The Morgan fingerprint density at radius 3 is 2.76 bits per heavy atom. The molecule has 0 saturated carbocycles. The molecule has 0 bridgehead atoms. The van der Waals surface area contributed by atoms with Crippen molar-refractivity contribution in [1.29, 1.82) is 0 Å². The molecule has 0 aliphatic heterocycles. The minimum absolute atomic E-state index is 0.241. The van der Waals surface area contributed by atoms with Crippen molar-refractivity contribution in [3.05, 3.63) is 52.8 Å². The average Bonchev–Trinajstić information content (AvgIpc) is 2.77. The molecular weight excluding hydrogens is 280 g/mol. The van der Waals surface area contributed by atoms with Crippen molar-refractivity contribution in [3.8, 4) is 0 Å². The molecule has 3 nitrogen and oxygen atoms in total. The van der Waals surface area contributed by atoms with Crippen LogP contribution in [0.25, 0.3) is 0 Å². The van der Waals surface area contributed by atoms with Crippen LogP contribution < -0.4 is 0 Å². The molecule has 0 aliphatic rings. The number of aromatic nitrogens is 2. The molecular formula is C13H15BrN2O. The van der Waals surface area contributed by atoms with E-state index >= 15 is 0 Å². The molecule has 4 heteroatoms. The maximum Gasteiger partial charge on any atom is 0.0725 e. The Morgan fingerprint density at radius 1 is 1.35 bits per heavy atom. The first-order valence-electron chi connectivity index (χ1n) is 5.57. The van der Waals surface area contributed by atoms with Gasteiger partial charge in [0.2, 0.25) is 0 Å². The van der Waals surface area contributed by atoms with Gasteiger partial charge in [-0.15, -0.1) is 0 Å². The topological polar surface area (TPSA) is 27.1 Å². The zero-order valence-electron chi connectivity index (χ0n) is 9.71. The second kappa shape index (κ2) is 5.98. The molecule has 0 fully saturated rings. The molecule has 0 N–H and O–H groups in total. The number of rotatable bonds is 5. The molecule has 1 aromatic heterocycles. The van der Waals surface area contributed by atoms with Gasteiger partial charge < -0.3 is 4.74 Å². The first-order chi connectivity index (χ1) is 8.25. The third-order valence-corrected chi connectivity index (χ3v) is 2.90. The predicted octanol–water partition coefficient (Wildman–Crippen LogP) is 3.42. The van der Waals surface area contributed by atoms with E-state index in [-0.39, 0.29) is 6.04 Å². The van der Waals surface area contributed by atoms with Crippen LogP contribution in [0.2, 0.25) is 0 Å². The SMILES string of the molecule is C[C@H](COCc1ccccc1)n1cc(Br)cn1. The summed E-state index contributed by atoms with van der Waals surface area (Å²) in [6.45, 7) is 3.39. The van der Waals surface area contributed by atoms with E-state index in [1.807, 2.05) is 29.1 Å². The normalized spacial score (nSPS) is 12.6. The van der Waals surface area contributed by atoms with Crippen LogP contribution in [-0.2, 0) is 11.3 Å². The standard InChI is InChI=1S/C13H15BrN2O/c1-11(16-8-13(14)7-15-16)9-17-10-12-5-3-2-4-6-12/h2-8,11H,9-10H2,1H3/t11-/m1/s1. The van der Waals surface area contributed by atoms with Crippen molar-refractivity contribution in [1.82, 2.24) is 9.78 Å². The van der Waals surface area contributed by atoms with E-state index in [4.69, 9.17) is 4.74 Å². The molecule has 0 aliphatic carbocycles. The van der Waals surface area contributed by atoms with Crippen LogP contribution in [0, 0.1) is 0 Å². The summed E-state index contributed by atoms with van der Waals surface area (Å²) in [7, 11) is 0. The number of hydrogen-bond donors (Lipinski definition) is 0. The summed E-state index contributed by atoms with van der Waals surface area (Å²) in [5.74, 6) is 0. The van der Waals surface area contributed by atoms with Gasteiger partial charge in [-0.25, -0.2) is 0 Å². The zero-order valence-corrected chi connectivity index (χ0v) is 11.3. The van der Waals surface area contributed by atoms with E-state index in [1.165, 1.54) is 5.56 Å². The largest absolute Gasteiger partial charge is 0.375 e. The van der Waals surface area contributed by atoms with Gasteiger partial charge in [0.1, 0.15) is 0 Å². The fraction of sp³-hybridized carbons (Fsp3) is 0.308. The maximum absolute atomic E-state index is 5.67. The Labute approximate surface area is 110 Å². The first-order valence-corrected chi connectivity index (χ1v) is 6.36. The van der Waals surface area contributed by atoms with Crippen molar-refractivity contribution < 1.29 is 4.74 Å². The van der Waals surface area contributed by atoms with Gasteiger partial charge in [0.05, 0.1) is 29.9 Å². The van der Waals surface area contributed by atoms with Crippen LogP contribution in [-0.4, -0.2) is 16.4 Å². The highest BCUT2D eigenvalue weighted by atomic mass is 79.9. The van der Waals surface area contributed by atoms with Gasteiger partial charge in [-0.1, -0.05) is 30.3 Å². The predicted molar refractivity (Wildman–Crippen MR) is 70.7 cm³/mol. The van der Waals surface area contributed by atoms with Gasteiger partial charge in [0.25, 0.3) is 0 Å². The average molecular weight is 295 g/mol. The summed E-state index contributed by atoms with van der Waals surface area (Å²) in [4.78, 5) is 0. The number of ether oxygens (including phenoxy) is 1. The summed E-state index contributed by atoms with van der Waals surface area (Å²) in [5.41, 5.74) is 1.20. The van der Waals surface area contributed by atoms with Crippen LogP contribution >= 0.6 is 15.9 Å². The van der Waals surface area contributed by atoms with Gasteiger partial charge in [-0.3, -0.25) is 4.68 Å². The molecule has 0 radical (unpaired) electrons. The molecule has 1 heterocycles. The van der Waals surface area contributed by atoms with E-state index in [0.29, 0.717) is 13.2 Å². The summed E-state index contributed by atoms with van der Waals surface area (Å²) in [5, 5.41) is 4.23. The number of hydrogen-bond acceptors (Lipinski definition) is 2. The fourth-order valence-corrected chi connectivity index (χ4v) is 1.86. The Hall–Kier alpha value is -1.13. The number of nitrogens with zero attached hydrogens (tertiary/aromatic N) is 2. The van der Waals surface area contributed by atoms with Crippen LogP contribution in [0.15, 0.2) is 47.2 Å². The molecule has 2 aromatic rings. The van der Waals surface area contributed by atoms with Crippen molar-refractivity contribution in [2.75, 3.05) is 6.61 Å².